The van der Waals surface area contributed by atoms with Crippen LogP contribution in [0.4, 0.5) is 49.6 Å². The number of nitrogens with one attached hydrogen (secondary N) is 2. The Hall–Kier alpha value is -6.46. The molecule has 18 heteroatoms. The molecule has 2 heterocycles. The van der Waals surface area contributed by atoms with E-state index in [1.165, 1.54) is 38.5 Å². The van der Waals surface area contributed by atoms with Crippen LogP contribution in [0.25, 0.3) is 22.1 Å². The van der Waals surface area contributed by atoms with Crippen molar-refractivity contribution in [3.05, 3.63) is 95.1 Å². The standard InChI is InChI=1S/2C28H34F3N3O3/c2*1-17-12-21(16-27(3,4)15-17)34-24-13-18(2)19(6-11-25(35)36-5)14-23(24)33-26(34)32-20-7-9-22(10-8-20)37-28(29,30)31/h2*7-10,13-14,17,21H,6,11-12,15-16H2,1-5H3,(H,32,33)/t2*17-,21+/m10/s1. The highest BCUT2D eigenvalue weighted by Crippen LogP contribution is 2.48. The lowest BCUT2D eigenvalue weighted by molar-refractivity contribution is -0.275. The van der Waals surface area contributed by atoms with Crippen molar-refractivity contribution in [1.29, 1.82) is 0 Å². The first kappa shape index (κ1) is 55.3. The lowest BCUT2D eigenvalue weighted by atomic mass is 9.70. The molecule has 2 saturated carbocycles. The number of hydrogen-bond donors (Lipinski definition) is 2. The average molecular weight is 1040 g/mol. The van der Waals surface area contributed by atoms with E-state index in [0.29, 0.717) is 47.9 Å². The number of alkyl halides is 6. The molecule has 0 unspecified atom stereocenters. The molecule has 2 aliphatic carbocycles. The van der Waals surface area contributed by atoms with Crippen molar-refractivity contribution >= 4 is 57.3 Å². The number of fused-ring (bicyclic) bond motifs is 2. The molecule has 6 aromatic rings. The fourth-order valence-electron chi connectivity index (χ4n) is 11.4. The number of aryl methyl sites for hydroxylation is 4. The molecule has 4 aromatic carbocycles. The van der Waals surface area contributed by atoms with Crippen LogP contribution in [0.15, 0.2) is 72.8 Å². The molecule has 8 rings (SSSR count). The van der Waals surface area contributed by atoms with Crippen molar-refractivity contribution in [2.24, 2.45) is 22.7 Å². The van der Waals surface area contributed by atoms with Crippen LogP contribution in [-0.2, 0) is 31.9 Å². The van der Waals surface area contributed by atoms with E-state index in [9.17, 15) is 35.9 Å². The van der Waals surface area contributed by atoms with Crippen LogP contribution >= 0.6 is 0 Å². The van der Waals surface area contributed by atoms with Gasteiger partial charge in [-0.1, -0.05) is 41.5 Å². The number of benzene rings is 4. The Labute approximate surface area is 428 Å². The summed E-state index contributed by atoms with van der Waals surface area (Å²) in [6.07, 6.45) is -1.52. The first-order valence-corrected chi connectivity index (χ1v) is 25.1. The zero-order valence-corrected chi connectivity index (χ0v) is 43.8. The molecule has 2 fully saturated rings. The number of ether oxygens (including phenoxy) is 4. The number of rotatable bonds is 14. The van der Waals surface area contributed by atoms with Crippen molar-refractivity contribution in [2.75, 3.05) is 24.9 Å². The maximum Gasteiger partial charge on any atom is 0.573 e. The second kappa shape index (κ2) is 22.2. The molecule has 74 heavy (non-hydrogen) atoms. The Kier molecular flexibility index (Phi) is 16.6. The fourth-order valence-corrected chi connectivity index (χ4v) is 11.4. The average Bonchev–Trinajstić information content (AvgIpc) is 3.82. The summed E-state index contributed by atoms with van der Waals surface area (Å²) in [6.45, 7) is 17.8. The molecule has 0 saturated heterocycles. The van der Waals surface area contributed by atoms with Crippen molar-refractivity contribution in [3.63, 3.8) is 0 Å². The van der Waals surface area contributed by atoms with E-state index < -0.39 is 12.7 Å². The highest BCUT2D eigenvalue weighted by molar-refractivity contribution is 5.83. The van der Waals surface area contributed by atoms with Crippen molar-refractivity contribution in [1.82, 2.24) is 19.1 Å². The smallest absolute Gasteiger partial charge is 0.469 e. The van der Waals surface area contributed by atoms with Gasteiger partial charge in [-0.2, -0.15) is 0 Å². The number of nitrogens with zero attached hydrogens (tertiary/aromatic N) is 4. The molecular weight excluding hydrogens is 967 g/mol. The summed E-state index contributed by atoms with van der Waals surface area (Å²) in [5.41, 5.74) is 9.35. The quantitative estimate of drug-likeness (QED) is 0.0803. The third kappa shape index (κ3) is 14.4. The van der Waals surface area contributed by atoms with Gasteiger partial charge in [0, 0.05) is 36.3 Å². The number of carbonyl (C=O) groups is 2. The van der Waals surface area contributed by atoms with Gasteiger partial charge in [0.1, 0.15) is 11.5 Å². The number of anilines is 4. The van der Waals surface area contributed by atoms with Crippen LogP contribution in [0.5, 0.6) is 11.5 Å². The number of halogens is 6. The Morgan fingerprint density at radius 3 is 1.26 bits per heavy atom. The number of aromatic nitrogens is 4. The van der Waals surface area contributed by atoms with E-state index in [1.54, 1.807) is 24.3 Å². The summed E-state index contributed by atoms with van der Waals surface area (Å²) < 4.78 is 97.5. The van der Waals surface area contributed by atoms with Gasteiger partial charge in [0.05, 0.1) is 36.3 Å². The molecule has 0 bridgehead atoms. The maximum absolute atomic E-state index is 12.6. The molecular formula is C56H68F6N6O6. The number of methoxy groups -OCH3 is 2. The molecule has 12 nitrogen and oxygen atoms in total. The lowest BCUT2D eigenvalue weighted by Gasteiger charge is -2.40. The Morgan fingerprint density at radius 2 is 0.946 bits per heavy atom. The summed E-state index contributed by atoms with van der Waals surface area (Å²) in [5.74, 6) is 1.28. The molecule has 4 atom stereocenters. The third-order valence-corrected chi connectivity index (χ3v) is 14.1. The number of imidazole rings is 2. The monoisotopic (exact) mass is 1030 g/mol. The summed E-state index contributed by atoms with van der Waals surface area (Å²) in [5, 5.41) is 6.66. The van der Waals surface area contributed by atoms with Gasteiger partial charge in [-0.05, 0) is 183 Å². The summed E-state index contributed by atoms with van der Waals surface area (Å²) >= 11 is 0. The van der Waals surface area contributed by atoms with E-state index in [-0.39, 0.29) is 59.2 Å². The van der Waals surface area contributed by atoms with Gasteiger partial charge in [0.2, 0.25) is 11.9 Å². The minimum absolute atomic E-state index is 0.169. The normalized spacial score (nSPS) is 19.6. The van der Waals surface area contributed by atoms with E-state index in [2.05, 4.69) is 82.9 Å². The number of carbonyl (C=O) groups excluding carboxylic acids is 2. The molecule has 0 amide bonds. The van der Waals surface area contributed by atoms with E-state index in [1.807, 2.05) is 26.0 Å². The van der Waals surface area contributed by atoms with E-state index >= 15 is 0 Å². The van der Waals surface area contributed by atoms with Gasteiger partial charge < -0.3 is 38.7 Å². The van der Waals surface area contributed by atoms with Gasteiger partial charge in [0.25, 0.3) is 0 Å². The van der Waals surface area contributed by atoms with Gasteiger partial charge in [-0.15, -0.1) is 26.3 Å². The van der Waals surface area contributed by atoms with Crippen LogP contribution in [0.3, 0.4) is 0 Å². The zero-order chi connectivity index (χ0) is 53.9. The molecule has 0 spiro atoms. The SMILES string of the molecule is COC(=O)CCc1cc2nc(Nc3ccc(OC(F)(F)F)cc3)n([C@@H]3C[C@H](C)CC(C)(C)C3)c2cc1C.COC(=O)CCc1cc2nc(Nc3ccc(OC(F)(F)F)cc3)n([C@H]3C[C@@H](C)CC(C)(C)C3)c2cc1C. The third-order valence-electron chi connectivity index (χ3n) is 14.1. The van der Waals surface area contributed by atoms with Crippen molar-refractivity contribution in [2.45, 2.75) is 144 Å². The van der Waals surface area contributed by atoms with Crippen molar-refractivity contribution in [3.8, 4) is 11.5 Å². The summed E-state index contributed by atoms with van der Waals surface area (Å²) in [6, 6.07) is 20.0. The van der Waals surface area contributed by atoms with Gasteiger partial charge in [0.15, 0.2) is 0 Å². The number of esters is 2. The highest BCUT2D eigenvalue weighted by atomic mass is 19.4. The van der Waals surface area contributed by atoms with Gasteiger partial charge >= 0.3 is 24.7 Å². The second-order valence-electron chi connectivity index (χ2n) is 21.8. The molecule has 2 aromatic heterocycles. The highest BCUT2D eigenvalue weighted by Gasteiger charge is 2.37. The Morgan fingerprint density at radius 1 is 0.595 bits per heavy atom. The molecule has 0 radical (unpaired) electrons. The minimum Gasteiger partial charge on any atom is -0.469 e. The Balaban J connectivity index is 0.000000216. The fraction of sp³-hybridized carbons (Fsp3) is 0.500. The second-order valence-corrected chi connectivity index (χ2v) is 21.8. The zero-order valence-electron chi connectivity index (χ0n) is 43.8. The first-order valence-electron chi connectivity index (χ1n) is 25.1. The van der Waals surface area contributed by atoms with Crippen LogP contribution in [0, 0.1) is 36.5 Å². The Bertz CT molecular complexity index is 2730. The van der Waals surface area contributed by atoms with Gasteiger partial charge in [-0.3, -0.25) is 9.59 Å². The molecule has 0 aliphatic heterocycles. The van der Waals surface area contributed by atoms with Gasteiger partial charge in [-0.25, -0.2) is 9.97 Å². The molecule has 400 valence electrons. The summed E-state index contributed by atoms with van der Waals surface area (Å²) in [4.78, 5) is 33.2. The topological polar surface area (TPSA) is 131 Å². The van der Waals surface area contributed by atoms with E-state index in [0.717, 1.165) is 82.8 Å². The van der Waals surface area contributed by atoms with E-state index in [4.69, 9.17) is 19.4 Å². The summed E-state index contributed by atoms with van der Waals surface area (Å²) in [7, 11) is 2.76. The lowest BCUT2D eigenvalue weighted by Crippen LogP contribution is -2.29. The number of hydrogen-bond acceptors (Lipinski definition) is 10. The molecule has 2 N–H and O–H groups in total. The molecule has 2 aliphatic rings. The predicted molar refractivity (Wildman–Crippen MR) is 274 cm³/mol. The van der Waals surface area contributed by atoms with Crippen molar-refractivity contribution < 1.29 is 54.9 Å². The van der Waals surface area contributed by atoms with Crippen LogP contribution in [-0.4, -0.2) is 58.0 Å². The van der Waals surface area contributed by atoms with Crippen LogP contribution < -0.4 is 20.1 Å². The largest absolute Gasteiger partial charge is 0.573 e. The van der Waals surface area contributed by atoms with Crippen LogP contribution in [0.1, 0.15) is 127 Å². The van der Waals surface area contributed by atoms with Crippen LogP contribution in [0.2, 0.25) is 0 Å². The predicted octanol–water partition coefficient (Wildman–Crippen LogP) is 15.0. The first-order chi connectivity index (χ1) is 34.7. The maximum atomic E-state index is 12.6. The minimum atomic E-state index is -4.74.